The number of methoxy groups -OCH3 is 2. The number of hydrogen-bond acceptors (Lipinski definition) is 5. The summed E-state index contributed by atoms with van der Waals surface area (Å²) in [6, 6.07) is 1.85. The second kappa shape index (κ2) is 5.81. The van der Waals surface area contributed by atoms with Crippen molar-refractivity contribution in [3.63, 3.8) is 0 Å². The zero-order valence-electron chi connectivity index (χ0n) is 13.2. The molecule has 2 fully saturated rings. The van der Waals surface area contributed by atoms with E-state index in [2.05, 4.69) is 22.1 Å². The molecule has 0 radical (unpaired) electrons. The van der Waals surface area contributed by atoms with E-state index in [9.17, 15) is 0 Å². The highest BCUT2D eigenvalue weighted by Gasteiger charge is 2.46. The standard InChI is InChI=1S/C16H25N3O2/c1-16(12-4-5-12)11-17-8-9-19(16)10-13-15(21-3)14(20-2)6-7-18-13/h6-7,12,17H,4-5,8-11H2,1-3H3. The third-order valence-corrected chi connectivity index (χ3v) is 4.93. The summed E-state index contributed by atoms with van der Waals surface area (Å²) in [5, 5.41) is 3.55. The van der Waals surface area contributed by atoms with Crippen molar-refractivity contribution in [1.82, 2.24) is 15.2 Å². The van der Waals surface area contributed by atoms with Crippen molar-refractivity contribution in [3.05, 3.63) is 18.0 Å². The van der Waals surface area contributed by atoms with E-state index in [4.69, 9.17) is 9.47 Å². The molecular weight excluding hydrogens is 266 g/mol. The minimum absolute atomic E-state index is 0.230. The maximum Gasteiger partial charge on any atom is 0.183 e. The quantitative estimate of drug-likeness (QED) is 0.894. The zero-order chi connectivity index (χ0) is 14.9. The van der Waals surface area contributed by atoms with Crippen LogP contribution in [0.1, 0.15) is 25.5 Å². The average molecular weight is 291 g/mol. The van der Waals surface area contributed by atoms with Gasteiger partial charge in [0.05, 0.1) is 14.2 Å². The third-order valence-electron chi connectivity index (χ3n) is 4.93. The van der Waals surface area contributed by atoms with Gasteiger partial charge in [0.2, 0.25) is 0 Å². The lowest BCUT2D eigenvalue weighted by Gasteiger charge is -2.45. The van der Waals surface area contributed by atoms with Gasteiger partial charge in [-0.05, 0) is 25.7 Å². The predicted molar refractivity (Wildman–Crippen MR) is 81.7 cm³/mol. The lowest BCUT2D eigenvalue weighted by Crippen LogP contribution is -2.60. The van der Waals surface area contributed by atoms with Crippen LogP contribution in [0.25, 0.3) is 0 Å². The Morgan fingerprint density at radius 2 is 2.19 bits per heavy atom. The molecule has 1 atom stereocenters. The zero-order valence-corrected chi connectivity index (χ0v) is 13.2. The van der Waals surface area contributed by atoms with Crippen LogP contribution in [0.15, 0.2) is 12.3 Å². The molecule has 21 heavy (non-hydrogen) atoms. The Morgan fingerprint density at radius 1 is 1.38 bits per heavy atom. The van der Waals surface area contributed by atoms with E-state index in [0.717, 1.165) is 49.3 Å². The summed E-state index contributed by atoms with van der Waals surface area (Å²) < 4.78 is 10.9. The van der Waals surface area contributed by atoms with Crippen LogP contribution >= 0.6 is 0 Å². The molecule has 1 aromatic rings. The molecule has 2 heterocycles. The fraction of sp³-hybridized carbons (Fsp3) is 0.688. The van der Waals surface area contributed by atoms with Crippen LogP contribution in [0.2, 0.25) is 0 Å². The molecule has 0 bridgehead atoms. The summed E-state index contributed by atoms with van der Waals surface area (Å²) in [5.41, 5.74) is 1.19. The Balaban J connectivity index is 1.84. The molecule has 5 nitrogen and oxygen atoms in total. The molecule has 1 saturated heterocycles. The molecule has 1 saturated carbocycles. The Labute approximate surface area is 126 Å². The summed E-state index contributed by atoms with van der Waals surface area (Å²) in [4.78, 5) is 7.09. The first kappa shape index (κ1) is 14.6. The van der Waals surface area contributed by atoms with Crippen molar-refractivity contribution in [2.45, 2.75) is 31.8 Å². The lowest BCUT2D eigenvalue weighted by atomic mass is 9.91. The minimum Gasteiger partial charge on any atom is -0.493 e. The number of nitrogens with zero attached hydrogens (tertiary/aromatic N) is 2. The maximum absolute atomic E-state index is 5.52. The van der Waals surface area contributed by atoms with Crippen LogP contribution in [-0.4, -0.2) is 49.3 Å². The number of pyridine rings is 1. The summed E-state index contributed by atoms with van der Waals surface area (Å²) in [6.45, 7) is 6.34. The average Bonchev–Trinajstić information content (AvgIpc) is 3.34. The number of hydrogen-bond donors (Lipinski definition) is 1. The third kappa shape index (κ3) is 2.72. The molecule has 3 rings (SSSR count). The normalized spacial score (nSPS) is 26.6. The molecule has 1 aliphatic heterocycles. The van der Waals surface area contributed by atoms with Crippen molar-refractivity contribution >= 4 is 0 Å². The molecule has 1 aromatic heterocycles. The first-order valence-corrected chi connectivity index (χ1v) is 7.70. The largest absolute Gasteiger partial charge is 0.493 e. The van der Waals surface area contributed by atoms with Crippen LogP contribution in [0.4, 0.5) is 0 Å². The second-order valence-electron chi connectivity index (χ2n) is 6.22. The molecule has 2 aliphatic rings. The predicted octanol–water partition coefficient (Wildman–Crippen LogP) is 1.67. The fourth-order valence-electron chi connectivity index (χ4n) is 3.43. The lowest BCUT2D eigenvalue weighted by molar-refractivity contribution is 0.0465. The van der Waals surface area contributed by atoms with Gasteiger partial charge in [0, 0.05) is 44.0 Å². The second-order valence-corrected chi connectivity index (χ2v) is 6.22. The Morgan fingerprint density at radius 3 is 2.86 bits per heavy atom. The van der Waals surface area contributed by atoms with Gasteiger partial charge in [-0.2, -0.15) is 0 Å². The van der Waals surface area contributed by atoms with E-state index in [1.807, 2.05) is 6.07 Å². The summed E-state index contributed by atoms with van der Waals surface area (Å²) in [7, 11) is 3.35. The van der Waals surface area contributed by atoms with Gasteiger partial charge in [-0.25, -0.2) is 0 Å². The van der Waals surface area contributed by atoms with Crippen molar-refractivity contribution < 1.29 is 9.47 Å². The van der Waals surface area contributed by atoms with Crippen molar-refractivity contribution in [1.29, 1.82) is 0 Å². The highest BCUT2D eigenvalue weighted by molar-refractivity contribution is 5.42. The van der Waals surface area contributed by atoms with Crippen molar-refractivity contribution in [2.24, 2.45) is 5.92 Å². The first-order valence-electron chi connectivity index (χ1n) is 7.70. The number of ether oxygens (including phenoxy) is 2. The van der Waals surface area contributed by atoms with Crippen LogP contribution in [-0.2, 0) is 6.54 Å². The summed E-state index contributed by atoms with van der Waals surface area (Å²) in [6.07, 6.45) is 4.49. The molecule has 0 aromatic carbocycles. The molecule has 5 heteroatoms. The Hall–Kier alpha value is -1.33. The first-order chi connectivity index (χ1) is 10.2. The maximum atomic E-state index is 5.52. The van der Waals surface area contributed by atoms with Crippen LogP contribution < -0.4 is 14.8 Å². The number of rotatable bonds is 5. The van der Waals surface area contributed by atoms with Crippen molar-refractivity contribution in [3.8, 4) is 11.5 Å². The molecule has 116 valence electrons. The van der Waals surface area contributed by atoms with E-state index in [1.165, 1.54) is 12.8 Å². The SMILES string of the molecule is COc1ccnc(CN2CCNCC2(C)C2CC2)c1OC. The van der Waals surface area contributed by atoms with Gasteiger partial charge < -0.3 is 14.8 Å². The van der Waals surface area contributed by atoms with Crippen LogP contribution in [0, 0.1) is 5.92 Å². The van der Waals surface area contributed by atoms with E-state index >= 15 is 0 Å². The van der Waals surface area contributed by atoms with E-state index in [0.29, 0.717) is 0 Å². The monoisotopic (exact) mass is 291 g/mol. The van der Waals surface area contributed by atoms with Crippen LogP contribution in [0.3, 0.4) is 0 Å². The van der Waals surface area contributed by atoms with E-state index in [-0.39, 0.29) is 5.54 Å². The number of nitrogens with one attached hydrogen (secondary N) is 1. The van der Waals surface area contributed by atoms with Crippen LogP contribution in [0.5, 0.6) is 11.5 Å². The summed E-state index contributed by atoms with van der Waals surface area (Å²) in [5.74, 6) is 2.32. The molecule has 1 unspecified atom stereocenters. The van der Waals surface area contributed by atoms with E-state index in [1.54, 1.807) is 20.4 Å². The van der Waals surface area contributed by atoms with Gasteiger partial charge in [0.25, 0.3) is 0 Å². The van der Waals surface area contributed by atoms with E-state index < -0.39 is 0 Å². The van der Waals surface area contributed by atoms with Gasteiger partial charge in [-0.1, -0.05) is 0 Å². The van der Waals surface area contributed by atoms with Gasteiger partial charge >= 0.3 is 0 Å². The Bertz CT molecular complexity index is 504. The molecule has 0 spiro atoms. The smallest absolute Gasteiger partial charge is 0.183 e. The van der Waals surface area contributed by atoms with Gasteiger partial charge in [-0.3, -0.25) is 9.88 Å². The summed E-state index contributed by atoms with van der Waals surface area (Å²) >= 11 is 0. The molecular formula is C16H25N3O2. The van der Waals surface area contributed by atoms with Gasteiger partial charge in [-0.15, -0.1) is 0 Å². The molecule has 1 aliphatic carbocycles. The topological polar surface area (TPSA) is 46.6 Å². The molecule has 0 amide bonds. The molecule has 1 N–H and O–H groups in total. The highest BCUT2D eigenvalue weighted by Crippen LogP contribution is 2.44. The fourth-order valence-corrected chi connectivity index (χ4v) is 3.43. The van der Waals surface area contributed by atoms with Gasteiger partial charge in [0.15, 0.2) is 11.5 Å². The minimum atomic E-state index is 0.230. The highest BCUT2D eigenvalue weighted by atomic mass is 16.5. The van der Waals surface area contributed by atoms with Crippen molar-refractivity contribution in [2.75, 3.05) is 33.9 Å². The van der Waals surface area contributed by atoms with Gasteiger partial charge in [0.1, 0.15) is 5.69 Å². The number of piperazine rings is 1. The Kier molecular flexibility index (Phi) is 4.04. The number of aromatic nitrogens is 1.